The first-order valence-corrected chi connectivity index (χ1v) is 7.98. The number of rotatable bonds is 6. The molecule has 0 N–H and O–H groups in total. The third-order valence-electron chi connectivity index (χ3n) is 4.15. The standard InChI is InChI=1S/C18H22O5/c1-2-22-17(21)18(11-7-6-10-15(18)19)12-16(20)23-13-14-8-4-3-5-9-14/h3-5,8-9H,2,6-7,10-13H2,1H3/t18-/m0/s1. The summed E-state index contributed by atoms with van der Waals surface area (Å²) in [4.78, 5) is 36.8. The Morgan fingerprint density at radius 1 is 1.13 bits per heavy atom. The number of ether oxygens (including phenoxy) is 2. The highest BCUT2D eigenvalue weighted by atomic mass is 16.5. The third kappa shape index (κ3) is 4.18. The second-order valence-corrected chi connectivity index (χ2v) is 5.76. The number of benzene rings is 1. The van der Waals surface area contributed by atoms with E-state index in [1.165, 1.54) is 0 Å². The maximum Gasteiger partial charge on any atom is 0.320 e. The summed E-state index contributed by atoms with van der Waals surface area (Å²) in [5.41, 5.74) is -0.497. The van der Waals surface area contributed by atoms with Crippen molar-refractivity contribution in [2.45, 2.75) is 45.6 Å². The Labute approximate surface area is 136 Å². The zero-order chi connectivity index (χ0) is 16.7. The summed E-state index contributed by atoms with van der Waals surface area (Å²) in [6, 6.07) is 9.28. The summed E-state index contributed by atoms with van der Waals surface area (Å²) in [6.07, 6.45) is 1.91. The van der Waals surface area contributed by atoms with Crippen LogP contribution >= 0.6 is 0 Å². The van der Waals surface area contributed by atoms with Gasteiger partial charge in [0.2, 0.25) is 0 Å². The summed E-state index contributed by atoms with van der Waals surface area (Å²) in [7, 11) is 0. The monoisotopic (exact) mass is 318 g/mol. The van der Waals surface area contributed by atoms with E-state index in [1.807, 2.05) is 30.3 Å². The van der Waals surface area contributed by atoms with Crippen LogP contribution in [-0.2, 0) is 30.5 Å². The van der Waals surface area contributed by atoms with Gasteiger partial charge in [0.15, 0.2) is 5.78 Å². The van der Waals surface area contributed by atoms with Crippen molar-refractivity contribution in [3.05, 3.63) is 35.9 Å². The molecular weight excluding hydrogens is 296 g/mol. The predicted molar refractivity (Wildman–Crippen MR) is 83.4 cm³/mol. The van der Waals surface area contributed by atoms with Gasteiger partial charge in [0, 0.05) is 6.42 Å². The molecule has 0 heterocycles. The lowest BCUT2D eigenvalue weighted by Gasteiger charge is -2.32. The van der Waals surface area contributed by atoms with Crippen LogP contribution in [0.1, 0.15) is 44.6 Å². The average molecular weight is 318 g/mol. The molecule has 0 bridgehead atoms. The fraction of sp³-hybridized carbons (Fsp3) is 0.500. The Kier molecular flexibility index (Phi) is 5.90. The van der Waals surface area contributed by atoms with Crippen molar-refractivity contribution in [1.82, 2.24) is 0 Å². The molecule has 1 saturated carbocycles. The smallest absolute Gasteiger partial charge is 0.320 e. The van der Waals surface area contributed by atoms with E-state index in [1.54, 1.807) is 6.92 Å². The molecule has 0 aliphatic heterocycles. The molecule has 1 fully saturated rings. The molecule has 1 atom stereocenters. The van der Waals surface area contributed by atoms with Gasteiger partial charge in [-0.05, 0) is 25.3 Å². The van der Waals surface area contributed by atoms with Crippen LogP contribution in [0, 0.1) is 5.41 Å². The molecule has 1 aromatic carbocycles. The highest BCUT2D eigenvalue weighted by Gasteiger charge is 2.49. The Bertz CT molecular complexity index is 566. The van der Waals surface area contributed by atoms with E-state index < -0.39 is 17.4 Å². The van der Waals surface area contributed by atoms with E-state index in [4.69, 9.17) is 9.47 Å². The number of carbonyl (C=O) groups excluding carboxylic acids is 3. The maximum atomic E-state index is 12.3. The molecular formula is C18H22O5. The lowest BCUT2D eigenvalue weighted by Crippen LogP contribution is -2.44. The number of Topliss-reactive ketones (excluding diaryl/α,β-unsaturated/α-hetero) is 1. The second-order valence-electron chi connectivity index (χ2n) is 5.76. The minimum Gasteiger partial charge on any atom is -0.465 e. The lowest BCUT2D eigenvalue weighted by atomic mass is 9.70. The molecule has 1 aromatic rings. The van der Waals surface area contributed by atoms with Crippen molar-refractivity contribution in [2.24, 2.45) is 5.41 Å². The average Bonchev–Trinajstić information content (AvgIpc) is 2.56. The molecule has 0 aromatic heterocycles. The highest BCUT2D eigenvalue weighted by Crippen LogP contribution is 2.38. The fourth-order valence-electron chi connectivity index (χ4n) is 2.87. The quantitative estimate of drug-likeness (QED) is 0.596. The van der Waals surface area contributed by atoms with E-state index in [2.05, 4.69) is 0 Å². The molecule has 0 saturated heterocycles. The van der Waals surface area contributed by atoms with Gasteiger partial charge in [0.1, 0.15) is 12.0 Å². The van der Waals surface area contributed by atoms with Crippen LogP contribution in [0.25, 0.3) is 0 Å². The van der Waals surface area contributed by atoms with Gasteiger partial charge in [-0.15, -0.1) is 0 Å². The van der Waals surface area contributed by atoms with Gasteiger partial charge in [-0.25, -0.2) is 0 Å². The second kappa shape index (κ2) is 7.90. The van der Waals surface area contributed by atoms with Crippen LogP contribution in [0.3, 0.4) is 0 Å². The van der Waals surface area contributed by atoms with E-state index in [0.29, 0.717) is 12.8 Å². The molecule has 1 aliphatic carbocycles. The molecule has 0 unspecified atom stereocenters. The SMILES string of the molecule is CCOC(=O)[C@]1(CC(=O)OCc2ccccc2)CCCCC1=O. The van der Waals surface area contributed by atoms with Crippen LogP contribution in [0.5, 0.6) is 0 Å². The van der Waals surface area contributed by atoms with Crippen molar-refractivity contribution in [2.75, 3.05) is 6.61 Å². The number of ketones is 1. The normalized spacial score (nSPS) is 20.8. The van der Waals surface area contributed by atoms with Gasteiger partial charge in [-0.3, -0.25) is 14.4 Å². The number of carbonyl (C=O) groups is 3. The highest BCUT2D eigenvalue weighted by molar-refractivity contribution is 6.06. The first-order chi connectivity index (χ1) is 11.1. The van der Waals surface area contributed by atoms with Crippen LogP contribution < -0.4 is 0 Å². The van der Waals surface area contributed by atoms with Gasteiger partial charge in [-0.2, -0.15) is 0 Å². The summed E-state index contributed by atoms with van der Waals surface area (Å²) in [5.74, 6) is -1.35. The Hall–Kier alpha value is -2.17. The number of esters is 2. The summed E-state index contributed by atoms with van der Waals surface area (Å²) in [5, 5.41) is 0. The molecule has 2 rings (SSSR count). The van der Waals surface area contributed by atoms with Gasteiger partial charge < -0.3 is 9.47 Å². The van der Waals surface area contributed by atoms with E-state index >= 15 is 0 Å². The van der Waals surface area contributed by atoms with E-state index in [-0.39, 0.29) is 25.4 Å². The van der Waals surface area contributed by atoms with E-state index in [0.717, 1.165) is 18.4 Å². The first-order valence-electron chi connectivity index (χ1n) is 7.98. The molecule has 0 amide bonds. The minimum atomic E-state index is -1.36. The van der Waals surface area contributed by atoms with Crippen molar-refractivity contribution in [3.63, 3.8) is 0 Å². The van der Waals surface area contributed by atoms with Gasteiger partial charge in [0.25, 0.3) is 0 Å². The molecule has 1 aliphatic rings. The predicted octanol–water partition coefficient (Wildman–Crippen LogP) is 2.81. The largest absolute Gasteiger partial charge is 0.465 e. The van der Waals surface area contributed by atoms with Gasteiger partial charge in [0.05, 0.1) is 13.0 Å². The van der Waals surface area contributed by atoms with Crippen LogP contribution in [0.2, 0.25) is 0 Å². The topological polar surface area (TPSA) is 69.7 Å². The molecule has 5 nitrogen and oxygen atoms in total. The molecule has 0 radical (unpaired) electrons. The van der Waals surface area contributed by atoms with Crippen LogP contribution in [-0.4, -0.2) is 24.3 Å². The third-order valence-corrected chi connectivity index (χ3v) is 4.15. The van der Waals surface area contributed by atoms with Gasteiger partial charge in [-0.1, -0.05) is 36.8 Å². The summed E-state index contributed by atoms with van der Waals surface area (Å²) >= 11 is 0. The molecule has 23 heavy (non-hydrogen) atoms. The number of hydrogen-bond donors (Lipinski definition) is 0. The van der Waals surface area contributed by atoms with E-state index in [9.17, 15) is 14.4 Å². The van der Waals surface area contributed by atoms with Gasteiger partial charge >= 0.3 is 11.9 Å². The first kappa shape index (κ1) is 17.2. The Morgan fingerprint density at radius 3 is 2.52 bits per heavy atom. The summed E-state index contributed by atoms with van der Waals surface area (Å²) in [6.45, 7) is 2.01. The zero-order valence-electron chi connectivity index (χ0n) is 13.4. The fourth-order valence-corrected chi connectivity index (χ4v) is 2.87. The minimum absolute atomic E-state index is 0.132. The zero-order valence-corrected chi connectivity index (χ0v) is 13.4. The van der Waals surface area contributed by atoms with Crippen molar-refractivity contribution in [1.29, 1.82) is 0 Å². The van der Waals surface area contributed by atoms with Crippen LogP contribution in [0.15, 0.2) is 30.3 Å². The van der Waals surface area contributed by atoms with Crippen molar-refractivity contribution >= 4 is 17.7 Å². The Balaban J connectivity index is 2.03. The molecule has 5 heteroatoms. The summed E-state index contributed by atoms with van der Waals surface area (Å²) < 4.78 is 10.3. The lowest BCUT2D eigenvalue weighted by molar-refractivity contribution is -0.169. The molecule has 0 spiro atoms. The van der Waals surface area contributed by atoms with Crippen molar-refractivity contribution < 1.29 is 23.9 Å². The molecule has 124 valence electrons. The Morgan fingerprint density at radius 2 is 1.87 bits per heavy atom. The van der Waals surface area contributed by atoms with Crippen molar-refractivity contribution in [3.8, 4) is 0 Å². The van der Waals surface area contributed by atoms with Crippen LogP contribution in [0.4, 0.5) is 0 Å². The maximum absolute atomic E-state index is 12.3. The number of hydrogen-bond acceptors (Lipinski definition) is 5.